The molecule has 0 bridgehead atoms. The second-order valence-corrected chi connectivity index (χ2v) is 8.46. The van der Waals surface area contributed by atoms with Crippen LogP contribution in [-0.2, 0) is 0 Å². The zero-order valence-corrected chi connectivity index (χ0v) is 14.9. The summed E-state index contributed by atoms with van der Waals surface area (Å²) in [5.41, 5.74) is 3.80. The maximum atomic E-state index is 4.58. The Kier molecular flexibility index (Phi) is 4.37. The van der Waals surface area contributed by atoms with Crippen LogP contribution in [0.15, 0.2) is 18.2 Å². The van der Waals surface area contributed by atoms with Crippen molar-refractivity contribution in [3.05, 3.63) is 18.2 Å². The Hall–Kier alpha value is -0.861. The van der Waals surface area contributed by atoms with E-state index < -0.39 is 0 Å². The van der Waals surface area contributed by atoms with Crippen molar-refractivity contribution in [1.82, 2.24) is 7.96 Å². The Morgan fingerprint density at radius 3 is 2.76 bits per heavy atom. The van der Waals surface area contributed by atoms with E-state index >= 15 is 0 Å². The van der Waals surface area contributed by atoms with E-state index in [1.165, 1.54) is 37.8 Å². The summed E-state index contributed by atoms with van der Waals surface area (Å²) >= 11 is 0.0564. The number of nitrogens with zero attached hydrogens (tertiary/aromatic N) is 2. The van der Waals surface area contributed by atoms with Crippen LogP contribution in [0.4, 0.5) is 5.69 Å². The molecule has 1 heterocycles. The molecule has 4 heteroatoms. The van der Waals surface area contributed by atoms with Crippen LogP contribution in [0.2, 0.25) is 0 Å². The molecule has 1 aromatic carbocycles. The van der Waals surface area contributed by atoms with Crippen LogP contribution < -0.4 is 5.32 Å². The fourth-order valence-corrected chi connectivity index (χ4v) is 4.61. The first-order valence-corrected chi connectivity index (χ1v) is 9.55. The number of benzene rings is 1. The van der Waals surface area contributed by atoms with Crippen molar-refractivity contribution in [1.29, 1.82) is 0 Å². The minimum absolute atomic E-state index is 0.0564. The number of hydrogen-bond acceptors (Lipinski definition) is 3. The number of fused-ring (bicyclic) bond motifs is 1. The van der Waals surface area contributed by atoms with Crippen molar-refractivity contribution in [3.63, 3.8) is 0 Å². The molecule has 0 spiro atoms. The quantitative estimate of drug-likeness (QED) is 0.655. The van der Waals surface area contributed by atoms with Gasteiger partial charge >= 0.3 is 133 Å². The average Bonchev–Trinajstić information content (AvgIpc) is 2.78. The molecule has 1 aliphatic carbocycles. The van der Waals surface area contributed by atoms with Crippen molar-refractivity contribution >= 4 is 31.7 Å². The standard InChI is InChI=1S/C17H25N3Se/c1-17(2,3)12-6-4-7-13(11-10-12)18-14-8-5-9-15-16(14)20-21-19-15/h5,8-9,12-13,18H,4,6-7,10-11H2,1-3H3. The van der Waals surface area contributed by atoms with E-state index in [-0.39, 0.29) is 15.0 Å². The van der Waals surface area contributed by atoms with Crippen molar-refractivity contribution in [2.24, 2.45) is 11.3 Å². The molecule has 2 unspecified atom stereocenters. The number of rotatable bonds is 2. The average molecular weight is 350 g/mol. The maximum absolute atomic E-state index is 4.58. The van der Waals surface area contributed by atoms with Gasteiger partial charge in [-0.3, -0.25) is 0 Å². The van der Waals surface area contributed by atoms with Crippen molar-refractivity contribution < 1.29 is 0 Å². The Bertz CT molecular complexity index is 599. The first-order chi connectivity index (χ1) is 10.0. The molecule has 0 amide bonds. The van der Waals surface area contributed by atoms with Crippen LogP contribution in [0, 0.1) is 11.3 Å². The molecule has 3 rings (SSSR count). The van der Waals surface area contributed by atoms with Crippen molar-refractivity contribution in [2.75, 3.05) is 5.32 Å². The van der Waals surface area contributed by atoms with E-state index in [1.807, 2.05) is 0 Å². The Morgan fingerprint density at radius 1 is 1.10 bits per heavy atom. The summed E-state index contributed by atoms with van der Waals surface area (Å²) < 4.78 is 9.05. The molecule has 1 saturated carbocycles. The summed E-state index contributed by atoms with van der Waals surface area (Å²) in [6.45, 7) is 7.16. The molecule has 0 aliphatic heterocycles. The second kappa shape index (κ2) is 6.10. The predicted molar refractivity (Wildman–Crippen MR) is 89.9 cm³/mol. The summed E-state index contributed by atoms with van der Waals surface area (Å²) in [6.07, 6.45) is 6.59. The fourth-order valence-electron chi connectivity index (χ4n) is 3.45. The van der Waals surface area contributed by atoms with Gasteiger partial charge in [0.1, 0.15) is 0 Å². The monoisotopic (exact) mass is 351 g/mol. The van der Waals surface area contributed by atoms with E-state index in [0.29, 0.717) is 11.5 Å². The molecule has 0 radical (unpaired) electrons. The van der Waals surface area contributed by atoms with Crippen LogP contribution in [0.1, 0.15) is 52.9 Å². The number of hydrogen-bond donors (Lipinski definition) is 1. The zero-order valence-electron chi connectivity index (χ0n) is 13.2. The van der Waals surface area contributed by atoms with Gasteiger partial charge in [0.2, 0.25) is 0 Å². The van der Waals surface area contributed by atoms with E-state index in [2.05, 4.69) is 52.2 Å². The summed E-state index contributed by atoms with van der Waals surface area (Å²) in [5.74, 6) is 0.855. The topological polar surface area (TPSA) is 37.8 Å². The molecule has 21 heavy (non-hydrogen) atoms. The van der Waals surface area contributed by atoms with Crippen LogP contribution in [0.25, 0.3) is 11.0 Å². The van der Waals surface area contributed by atoms with Gasteiger partial charge in [0, 0.05) is 0 Å². The van der Waals surface area contributed by atoms with E-state index in [4.69, 9.17) is 0 Å². The van der Waals surface area contributed by atoms with Crippen LogP contribution in [0.3, 0.4) is 0 Å². The summed E-state index contributed by atoms with van der Waals surface area (Å²) in [5, 5.41) is 3.75. The molecule has 2 aromatic rings. The van der Waals surface area contributed by atoms with Crippen LogP contribution in [-0.4, -0.2) is 29.0 Å². The van der Waals surface area contributed by atoms with Gasteiger partial charge in [-0.1, -0.05) is 0 Å². The minimum atomic E-state index is 0.0564. The van der Waals surface area contributed by atoms with Crippen LogP contribution in [0.5, 0.6) is 0 Å². The first-order valence-electron chi connectivity index (χ1n) is 8.02. The molecular weight excluding hydrogens is 325 g/mol. The number of nitrogens with one attached hydrogen (secondary N) is 1. The van der Waals surface area contributed by atoms with E-state index in [9.17, 15) is 0 Å². The molecule has 0 saturated heterocycles. The van der Waals surface area contributed by atoms with Gasteiger partial charge in [-0.15, -0.1) is 0 Å². The van der Waals surface area contributed by atoms with Gasteiger partial charge in [0.15, 0.2) is 0 Å². The molecule has 1 fully saturated rings. The molecule has 1 N–H and O–H groups in total. The second-order valence-electron chi connectivity index (χ2n) is 7.35. The Labute approximate surface area is 133 Å². The van der Waals surface area contributed by atoms with E-state index in [0.717, 1.165) is 17.0 Å². The van der Waals surface area contributed by atoms with Gasteiger partial charge in [-0.05, 0) is 0 Å². The Balaban J connectivity index is 1.70. The molecular formula is C17H25N3Se. The normalized spacial score (nSPS) is 24.0. The van der Waals surface area contributed by atoms with E-state index in [1.54, 1.807) is 0 Å². The van der Waals surface area contributed by atoms with Gasteiger partial charge in [0.05, 0.1) is 0 Å². The van der Waals surface area contributed by atoms with Gasteiger partial charge in [-0.2, -0.15) is 0 Å². The zero-order chi connectivity index (χ0) is 14.9. The molecule has 114 valence electrons. The van der Waals surface area contributed by atoms with Crippen LogP contribution >= 0.6 is 0 Å². The molecule has 1 aromatic heterocycles. The van der Waals surface area contributed by atoms with Gasteiger partial charge in [0.25, 0.3) is 0 Å². The van der Waals surface area contributed by atoms with Gasteiger partial charge < -0.3 is 0 Å². The van der Waals surface area contributed by atoms with Crippen molar-refractivity contribution in [3.8, 4) is 0 Å². The van der Waals surface area contributed by atoms with Crippen molar-refractivity contribution in [2.45, 2.75) is 58.9 Å². The number of aromatic nitrogens is 2. The third-order valence-electron chi connectivity index (χ3n) is 4.84. The molecule has 2 atom stereocenters. The summed E-state index contributed by atoms with van der Waals surface area (Å²) in [7, 11) is 0. The SMILES string of the molecule is CC(C)(C)C1CCCC(Nc2cccc3n[se]nc23)CC1. The summed E-state index contributed by atoms with van der Waals surface area (Å²) in [4.78, 5) is 0. The molecule has 1 aliphatic rings. The fraction of sp³-hybridized carbons (Fsp3) is 0.647. The summed E-state index contributed by atoms with van der Waals surface area (Å²) in [6, 6.07) is 6.91. The number of anilines is 1. The molecule has 3 nitrogen and oxygen atoms in total. The Morgan fingerprint density at radius 2 is 1.95 bits per heavy atom. The predicted octanol–water partition coefficient (Wildman–Crippen LogP) is 4.09. The third kappa shape index (κ3) is 3.49. The first kappa shape index (κ1) is 15.1. The third-order valence-corrected chi connectivity index (χ3v) is 5.98. The van der Waals surface area contributed by atoms with Gasteiger partial charge in [-0.25, -0.2) is 0 Å².